The highest BCUT2D eigenvalue weighted by molar-refractivity contribution is 5.96. The van der Waals surface area contributed by atoms with Gasteiger partial charge in [-0.1, -0.05) is 0 Å². The zero-order chi connectivity index (χ0) is 29.9. The molecule has 0 radical (unpaired) electrons. The Bertz CT molecular complexity index is 1370. The Balaban J connectivity index is 0.000000611. The van der Waals surface area contributed by atoms with Gasteiger partial charge in [-0.05, 0) is 30.7 Å². The van der Waals surface area contributed by atoms with E-state index in [0.29, 0.717) is 11.4 Å². The molecule has 0 bridgehead atoms. The molecule has 1 amide bonds. The molecule has 0 spiro atoms. The third-order valence-corrected chi connectivity index (χ3v) is 5.31. The highest BCUT2D eigenvalue weighted by Gasteiger charge is 2.22. The Morgan fingerprint density at radius 2 is 1.65 bits per heavy atom. The number of aromatic amines is 1. The number of aliphatic carboxylic acids is 2. The number of nitrogens with one attached hydrogen (secondary N) is 3. The summed E-state index contributed by atoms with van der Waals surface area (Å²) in [6.45, 7) is -0.978. The Kier molecular flexibility index (Phi) is 11.4. The molecule has 2 aromatic heterocycles. The fourth-order valence-corrected chi connectivity index (χ4v) is 2.91. The molecule has 17 nitrogen and oxygen atoms in total. The van der Waals surface area contributed by atoms with Crippen LogP contribution in [0.2, 0.25) is 0 Å². The third kappa shape index (κ3) is 9.24. The van der Waals surface area contributed by atoms with E-state index in [2.05, 4.69) is 30.6 Å². The van der Waals surface area contributed by atoms with Crippen LogP contribution in [0.25, 0.3) is 11.2 Å². The number of rotatable bonds is 12. The zero-order valence-electron chi connectivity index (χ0n) is 21.1. The van der Waals surface area contributed by atoms with Crippen LogP contribution >= 0.6 is 0 Å². The van der Waals surface area contributed by atoms with Crippen LogP contribution in [0.3, 0.4) is 0 Å². The van der Waals surface area contributed by atoms with Crippen molar-refractivity contribution in [2.45, 2.75) is 31.0 Å². The van der Waals surface area contributed by atoms with Gasteiger partial charge in [-0.25, -0.2) is 14.8 Å². The summed E-state index contributed by atoms with van der Waals surface area (Å²) in [7, 11) is 0. The number of fused-ring (bicyclic) bond motifs is 1. The first-order valence-corrected chi connectivity index (χ1v) is 11.6. The van der Waals surface area contributed by atoms with E-state index in [1.807, 2.05) is 0 Å². The third-order valence-electron chi connectivity index (χ3n) is 5.31. The van der Waals surface area contributed by atoms with Crippen molar-refractivity contribution >= 4 is 40.6 Å². The number of carboxylic acid groups (broad SMARTS) is 2. The van der Waals surface area contributed by atoms with Gasteiger partial charge in [-0.2, -0.15) is 4.98 Å². The molecule has 17 heteroatoms. The van der Waals surface area contributed by atoms with Crippen LogP contribution in [0.1, 0.15) is 28.9 Å². The number of benzene rings is 1. The molecular formula is C23H30N8O9. The number of anilines is 2. The van der Waals surface area contributed by atoms with Crippen molar-refractivity contribution in [2.75, 3.05) is 30.9 Å². The second-order valence-corrected chi connectivity index (χ2v) is 8.55. The molecule has 2 heterocycles. The Labute approximate surface area is 225 Å². The number of aromatic nitrogens is 4. The summed E-state index contributed by atoms with van der Waals surface area (Å²) in [6, 6.07) is 4.86. The Morgan fingerprint density at radius 1 is 1.02 bits per heavy atom. The van der Waals surface area contributed by atoms with Gasteiger partial charge in [0.05, 0.1) is 43.8 Å². The number of hydrogen-bond acceptors (Lipinski definition) is 13. The lowest BCUT2D eigenvalue weighted by atomic mass is 10.1. The molecule has 12 N–H and O–H groups in total. The summed E-state index contributed by atoms with van der Waals surface area (Å²) in [4.78, 5) is 60.5. The van der Waals surface area contributed by atoms with Gasteiger partial charge < -0.3 is 52.6 Å². The summed E-state index contributed by atoms with van der Waals surface area (Å²) in [5.41, 5.74) is 10.4. The summed E-state index contributed by atoms with van der Waals surface area (Å²) in [5.74, 6) is -3.16. The predicted octanol–water partition coefficient (Wildman–Crippen LogP) is -2.38. The van der Waals surface area contributed by atoms with Gasteiger partial charge in [-0.15, -0.1) is 0 Å². The molecule has 0 saturated carbocycles. The first kappa shape index (κ1) is 31.5. The average molecular weight is 563 g/mol. The molecule has 0 aliphatic carbocycles. The number of amides is 1. The number of aliphatic hydroxyl groups excluding tert-OH is 3. The van der Waals surface area contributed by atoms with Gasteiger partial charge >= 0.3 is 17.5 Å². The maximum absolute atomic E-state index is 12.3. The van der Waals surface area contributed by atoms with Crippen molar-refractivity contribution in [3.8, 4) is 0 Å². The van der Waals surface area contributed by atoms with E-state index in [1.165, 1.54) is 18.3 Å². The SMILES string of the molecule is NC(CO)(CO)CO.Nc1nc(=O)c2nc(CNc3ccc(C(=O)N[C@@H](CCC(=O)O)C(=O)O)cc3)cnc2[nH]1. The fraction of sp³-hybridized carbons (Fsp3) is 0.348. The van der Waals surface area contributed by atoms with Crippen LogP contribution in [0.4, 0.5) is 11.6 Å². The minimum atomic E-state index is -1.31. The van der Waals surface area contributed by atoms with Crippen molar-refractivity contribution in [3.63, 3.8) is 0 Å². The summed E-state index contributed by atoms with van der Waals surface area (Å²) < 4.78 is 0. The van der Waals surface area contributed by atoms with Gasteiger partial charge in [-0.3, -0.25) is 14.4 Å². The number of H-pyrrole nitrogens is 1. The van der Waals surface area contributed by atoms with Crippen LogP contribution in [0.5, 0.6) is 0 Å². The smallest absolute Gasteiger partial charge is 0.326 e. The first-order valence-electron chi connectivity index (χ1n) is 11.6. The molecule has 0 fully saturated rings. The normalized spacial score (nSPS) is 11.7. The first-order chi connectivity index (χ1) is 18.9. The van der Waals surface area contributed by atoms with Crippen LogP contribution in [-0.2, 0) is 16.1 Å². The van der Waals surface area contributed by atoms with E-state index in [9.17, 15) is 19.2 Å². The van der Waals surface area contributed by atoms with Crippen molar-refractivity contribution in [1.82, 2.24) is 25.3 Å². The average Bonchev–Trinajstić information content (AvgIpc) is 2.94. The number of carboxylic acids is 2. The Morgan fingerprint density at radius 3 is 2.17 bits per heavy atom. The maximum atomic E-state index is 12.3. The van der Waals surface area contributed by atoms with Gasteiger partial charge in [0.1, 0.15) is 6.04 Å². The lowest BCUT2D eigenvalue weighted by Gasteiger charge is -2.20. The molecule has 0 aliphatic rings. The van der Waals surface area contributed by atoms with E-state index < -0.39 is 54.8 Å². The van der Waals surface area contributed by atoms with Gasteiger partial charge in [0.15, 0.2) is 11.2 Å². The second-order valence-electron chi connectivity index (χ2n) is 8.55. The van der Waals surface area contributed by atoms with Crippen molar-refractivity contribution in [1.29, 1.82) is 0 Å². The minimum Gasteiger partial charge on any atom is -0.481 e. The van der Waals surface area contributed by atoms with Crippen LogP contribution in [-0.4, -0.2) is 94.7 Å². The van der Waals surface area contributed by atoms with E-state index >= 15 is 0 Å². The summed E-state index contributed by atoms with van der Waals surface area (Å²) in [5, 5.41) is 48.2. The number of carbonyl (C=O) groups excluding carboxylic acids is 1. The molecule has 40 heavy (non-hydrogen) atoms. The van der Waals surface area contributed by atoms with Crippen LogP contribution < -0.4 is 27.7 Å². The van der Waals surface area contributed by atoms with Gasteiger partial charge in [0, 0.05) is 17.7 Å². The van der Waals surface area contributed by atoms with Crippen molar-refractivity contribution in [2.24, 2.45) is 5.73 Å². The van der Waals surface area contributed by atoms with E-state index in [4.69, 9.17) is 37.0 Å². The van der Waals surface area contributed by atoms with Crippen LogP contribution in [0, 0.1) is 0 Å². The number of nitrogens with two attached hydrogens (primary N) is 2. The fourth-order valence-electron chi connectivity index (χ4n) is 2.91. The predicted molar refractivity (Wildman–Crippen MR) is 140 cm³/mol. The quantitative estimate of drug-likeness (QED) is 0.110. The topological polar surface area (TPSA) is 300 Å². The summed E-state index contributed by atoms with van der Waals surface area (Å²) in [6.07, 6.45) is 0.858. The molecule has 3 rings (SSSR count). The minimum absolute atomic E-state index is 0.0524. The highest BCUT2D eigenvalue weighted by Crippen LogP contribution is 2.12. The lowest BCUT2D eigenvalue weighted by molar-refractivity contribution is -0.140. The Hall–Kier alpha value is -4.71. The molecule has 0 saturated heterocycles. The number of carbonyl (C=O) groups is 3. The lowest BCUT2D eigenvalue weighted by Crippen LogP contribution is -2.50. The van der Waals surface area contributed by atoms with Crippen molar-refractivity contribution in [3.05, 3.63) is 52.1 Å². The van der Waals surface area contributed by atoms with Crippen LogP contribution in [0.15, 0.2) is 35.3 Å². The number of nitrogen functional groups attached to an aromatic ring is 1. The molecule has 216 valence electrons. The largest absolute Gasteiger partial charge is 0.481 e. The molecular weight excluding hydrogens is 532 g/mol. The molecule has 1 aromatic carbocycles. The standard InChI is InChI=1S/C19H19N7O6.C4H11NO3/c20-19-25-15-14(17(30)26-19)23-11(8-22-15)7-21-10-3-1-9(2-4-10)16(29)24-12(18(31)32)5-6-13(27)28;5-4(1-6,2-7)3-8/h1-4,8,12,21H,5-7H2,(H,24,29)(H,27,28)(H,31,32)(H3,20,22,25,26,30);6-8H,1-3,5H2/t12-;/m0./s1. The number of nitrogens with zero attached hydrogens (tertiary/aromatic N) is 3. The van der Waals surface area contributed by atoms with E-state index in [-0.39, 0.29) is 42.1 Å². The zero-order valence-corrected chi connectivity index (χ0v) is 21.1. The van der Waals surface area contributed by atoms with E-state index in [0.717, 1.165) is 0 Å². The molecule has 0 unspecified atom stereocenters. The molecule has 0 aliphatic heterocycles. The van der Waals surface area contributed by atoms with Crippen molar-refractivity contribution < 1.29 is 39.9 Å². The molecule has 1 atom stereocenters. The maximum Gasteiger partial charge on any atom is 0.326 e. The van der Waals surface area contributed by atoms with Gasteiger partial charge in [0.2, 0.25) is 5.95 Å². The second kappa shape index (κ2) is 14.4. The van der Waals surface area contributed by atoms with Gasteiger partial charge in [0.25, 0.3) is 5.91 Å². The summed E-state index contributed by atoms with van der Waals surface area (Å²) >= 11 is 0. The monoisotopic (exact) mass is 562 g/mol. The molecule has 3 aromatic rings. The van der Waals surface area contributed by atoms with E-state index in [1.54, 1.807) is 12.1 Å². The number of aliphatic hydroxyl groups is 3. The number of hydrogen-bond donors (Lipinski definition) is 10. The highest BCUT2D eigenvalue weighted by atomic mass is 16.4.